The Kier molecular flexibility index (Phi) is 5.08. The van der Waals surface area contributed by atoms with Gasteiger partial charge in [0.15, 0.2) is 0 Å². The third-order valence-electron chi connectivity index (χ3n) is 3.40. The smallest absolute Gasteiger partial charge is 0.327 e. The number of benzene rings is 1. The molecule has 9 heteroatoms. The number of rotatable bonds is 4. The highest BCUT2D eigenvalue weighted by atomic mass is 16.3. The summed E-state index contributed by atoms with van der Waals surface area (Å²) in [6.45, 7) is 0.0715. The second-order valence-electron chi connectivity index (χ2n) is 5.17. The zero-order valence-corrected chi connectivity index (χ0v) is 13.5. The summed E-state index contributed by atoms with van der Waals surface area (Å²) < 4.78 is 6.68. The standard InChI is InChI=1S/C17H15N5O4/c23-15(12-4-6-13(7-5-12)22-9-2-8-19-22)20-21-17(25)16(24)18-11-14-3-1-10-26-14/h1-10H,11H2,(H,18,24)(H,20,23)(H,21,25). The third kappa shape index (κ3) is 4.15. The summed E-state index contributed by atoms with van der Waals surface area (Å²) in [7, 11) is 0. The summed E-state index contributed by atoms with van der Waals surface area (Å²) in [5.41, 5.74) is 5.34. The third-order valence-corrected chi connectivity index (χ3v) is 3.40. The highest BCUT2D eigenvalue weighted by Crippen LogP contribution is 2.08. The summed E-state index contributed by atoms with van der Waals surface area (Å²) in [5.74, 6) is -1.93. The predicted octanol–water partition coefficient (Wildman–Crippen LogP) is 0.543. The zero-order valence-electron chi connectivity index (χ0n) is 13.5. The molecule has 132 valence electrons. The number of furan rings is 1. The van der Waals surface area contributed by atoms with Crippen LogP contribution >= 0.6 is 0 Å². The van der Waals surface area contributed by atoms with Gasteiger partial charge < -0.3 is 9.73 Å². The zero-order chi connectivity index (χ0) is 18.4. The van der Waals surface area contributed by atoms with Crippen molar-refractivity contribution < 1.29 is 18.8 Å². The minimum atomic E-state index is -0.988. The molecule has 0 aliphatic heterocycles. The van der Waals surface area contributed by atoms with Crippen LogP contribution in [0, 0.1) is 0 Å². The minimum absolute atomic E-state index is 0.0715. The first kappa shape index (κ1) is 17.0. The molecular weight excluding hydrogens is 338 g/mol. The van der Waals surface area contributed by atoms with E-state index >= 15 is 0 Å². The van der Waals surface area contributed by atoms with Crippen molar-refractivity contribution in [2.24, 2.45) is 0 Å². The lowest BCUT2D eigenvalue weighted by atomic mass is 10.2. The van der Waals surface area contributed by atoms with E-state index in [1.807, 2.05) is 0 Å². The van der Waals surface area contributed by atoms with Crippen LogP contribution in [0.4, 0.5) is 0 Å². The van der Waals surface area contributed by atoms with Crippen LogP contribution < -0.4 is 16.2 Å². The van der Waals surface area contributed by atoms with E-state index in [1.54, 1.807) is 59.5 Å². The molecule has 0 saturated heterocycles. The molecule has 0 saturated carbocycles. The average molecular weight is 353 g/mol. The summed E-state index contributed by atoms with van der Waals surface area (Å²) in [5, 5.41) is 6.45. The van der Waals surface area contributed by atoms with Crippen LogP contribution in [0.25, 0.3) is 5.69 Å². The van der Waals surface area contributed by atoms with Gasteiger partial charge >= 0.3 is 11.8 Å². The molecule has 0 unspecified atom stereocenters. The fraction of sp³-hybridized carbons (Fsp3) is 0.0588. The molecular formula is C17H15N5O4. The number of hydrogen-bond donors (Lipinski definition) is 3. The van der Waals surface area contributed by atoms with E-state index in [0.717, 1.165) is 5.69 Å². The van der Waals surface area contributed by atoms with Gasteiger partial charge in [-0.1, -0.05) is 0 Å². The number of hydrazine groups is 1. The number of aromatic nitrogens is 2. The van der Waals surface area contributed by atoms with Gasteiger partial charge in [-0.05, 0) is 42.5 Å². The normalized spacial score (nSPS) is 10.2. The molecule has 2 heterocycles. The summed E-state index contributed by atoms with van der Waals surface area (Å²) >= 11 is 0. The predicted molar refractivity (Wildman–Crippen MR) is 89.7 cm³/mol. The lowest BCUT2D eigenvalue weighted by molar-refractivity contribution is -0.139. The second kappa shape index (κ2) is 7.79. The van der Waals surface area contributed by atoms with Crippen LogP contribution in [0.5, 0.6) is 0 Å². The van der Waals surface area contributed by atoms with Crippen molar-refractivity contribution in [2.45, 2.75) is 6.54 Å². The highest BCUT2D eigenvalue weighted by molar-refractivity contribution is 6.35. The Morgan fingerprint density at radius 1 is 1.00 bits per heavy atom. The first-order valence-electron chi connectivity index (χ1n) is 7.64. The molecule has 0 aliphatic carbocycles. The molecule has 0 radical (unpaired) electrons. The van der Waals surface area contributed by atoms with Gasteiger partial charge in [-0.25, -0.2) is 4.68 Å². The monoisotopic (exact) mass is 353 g/mol. The molecule has 0 bridgehead atoms. The van der Waals surface area contributed by atoms with Gasteiger partial charge in [0.05, 0.1) is 18.5 Å². The number of carbonyl (C=O) groups is 3. The van der Waals surface area contributed by atoms with Crippen molar-refractivity contribution in [1.82, 2.24) is 25.9 Å². The van der Waals surface area contributed by atoms with Crippen LogP contribution in [0.1, 0.15) is 16.1 Å². The SMILES string of the molecule is O=C(NCc1ccco1)C(=O)NNC(=O)c1ccc(-n2cccn2)cc1. The van der Waals surface area contributed by atoms with Crippen molar-refractivity contribution in [3.05, 3.63) is 72.4 Å². The minimum Gasteiger partial charge on any atom is -0.467 e. The summed E-state index contributed by atoms with van der Waals surface area (Å²) in [4.78, 5) is 35.3. The fourth-order valence-corrected chi connectivity index (χ4v) is 2.09. The maximum absolute atomic E-state index is 12.0. The largest absolute Gasteiger partial charge is 0.467 e. The van der Waals surface area contributed by atoms with Gasteiger partial charge in [-0.15, -0.1) is 0 Å². The van der Waals surface area contributed by atoms with E-state index in [-0.39, 0.29) is 6.54 Å². The van der Waals surface area contributed by atoms with Crippen LogP contribution in [0.2, 0.25) is 0 Å². The van der Waals surface area contributed by atoms with E-state index in [4.69, 9.17) is 4.42 Å². The molecule has 1 aromatic carbocycles. The highest BCUT2D eigenvalue weighted by Gasteiger charge is 2.15. The van der Waals surface area contributed by atoms with E-state index in [0.29, 0.717) is 11.3 Å². The molecule has 0 aliphatic rings. The summed E-state index contributed by atoms with van der Waals surface area (Å²) in [6.07, 6.45) is 4.88. The number of amides is 3. The Hall–Kier alpha value is -3.88. The maximum atomic E-state index is 12.0. The van der Waals surface area contributed by atoms with Crippen molar-refractivity contribution in [1.29, 1.82) is 0 Å². The van der Waals surface area contributed by atoms with Gasteiger partial charge in [0.2, 0.25) is 0 Å². The number of nitrogens with zero attached hydrogens (tertiary/aromatic N) is 2. The number of hydrogen-bond acceptors (Lipinski definition) is 5. The van der Waals surface area contributed by atoms with Gasteiger partial charge in [-0.3, -0.25) is 25.2 Å². The first-order chi connectivity index (χ1) is 12.6. The van der Waals surface area contributed by atoms with Crippen molar-refractivity contribution in [3.63, 3.8) is 0 Å². The molecule has 0 atom stereocenters. The Morgan fingerprint density at radius 2 is 1.81 bits per heavy atom. The Balaban J connectivity index is 1.48. The molecule has 3 aromatic rings. The van der Waals surface area contributed by atoms with Crippen LogP contribution in [0.3, 0.4) is 0 Å². The molecule has 9 nitrogen and oxygen atoms in total. The summed E-state index contributed by atoms with van der Waals surface area (Å²) in [6, 6.07) is 11.7. The maximum Gasteiger partial charge on any atom is 0.327 e. The van der Waals surface area contributed by atoms with Gasteiger partial charge in [-0.2, -0.15) is 5.10 Å². The Labute approximate surface area is 148 Å². The molecule has 3 N–H and O–H groups in total. The second-order valence-corrected chi connectivity index (χ2v) is 5.17. The van der Waals surface area contributed by atoms with Crippen LogP contribution in [-0.2, 0) is 16.1 Å². The Morgan fingerprint density at radius 3 is 2.46 bits per heavy atom. The van der Waals surface area contributed by atoms with E-state index in [2.05, 4.69) is 21.3 Å². The van der Waals surface area contributed by atoms with Crippen molar-refractivity contribution >= 4 is 17.7 Å². The van der Waals surface area contributed by atoms with Crippen molar-refractivity contribution in [2.75, 3.05) is 0 Å². The Bertz CT molecular complexity index is 886. The fourth-order valence-electron chi connectivity index (χ4n) is 2.09. The quantitative estimate of drug-likeness (QED) is 0.467. The lowest BCUT2D eigenvalue weighted by Gasteiger charge is -2.08. The molecule has 0 spiro atoms. The van der Waals surface area contributed by atoms with Gasteiger partial charge in [0.1, 0.15) is 5.76 Å². The first-order valence-corrected chi connectivity index (χ1v) is 7.64. The van der Waals surface area contributed by atoms with Crippen LogP contribution in [0.15, 0.2) is 65.5 Å². The number of nitrogens with one attached hydrogen (secondary N) is 3. The number of carbonyl (C=O) groups excluding carboxylic acids is 3. The lowest BCUT2D eigenvalue weighted by Crippen LogP contribution is -2.48. The molecule has 3 amide bonds. The molecule has 26 heavy (non-hydrogen) atoms. The molecule has 2 aromatic heterocycles. The molecule has 3 rings (SSSR count). The van der Waals surface area contributed by atoms with E-state index in [1.165, 1.54) is 6.26 Å². The van der Waals surface area contributed by atoms with Gasteiger partial charge in [0, 0.05) is 18.0 Å². The van der Waals surface area contributed by atoms with E-state index < -0.39 is 17.7 Å². The van der Waals surface area contributed by atoms with Crippen molar-refractivity contribution in [3.8, 4) is 5.69 Å². The van der Waals surface area contributed by atoms with Crippen LogP contribution in [-0.4, -0.2) is 27.5 Å². The van der Waals surface area contributed by atoms with E-state index in [9.17, 15) is 14.4 Å². The molecule has 0 fully saturated rings. The van der Waals surface area contributed by atoms with Gasteiger partial charge in [0.25, 0.3) is 5.91 Å². The average Bonchev–Trinajstić information content (AvgIpc) is 3.37. The topological polar surface area (TPSA) is 118 Å².